The maximum Gasteiger partial charge on any atom is 0.223 e. The first-order valence-corrected chi connectivity index (χ1v) is 6.67. The lowest BCUT2D eigenvalue weighted by molar-refractivity contribution is 0.320. The first-order valence-electron chi connectivity index (χ1n) is 6.67. The number of nitrogens with one attached hydrogen (secondary N) is 1. The van der Waals surface area contributed by atoms with Gasteiger partial charge in [0.2, 0.25) is 5.95 Å². The van der Waals surface area contributed by atoms with Crippen molar-refractivity contribution in [1.29, 1.82) is 0 Å². The maximum atomic E-state index is 5.75. The topological polar surface area (TPSA) is 67.1 Å². The van der Waals surface area contributed by atoms with Crippen molar-refractivity contribution in [2.75, 3.05) is 30.0 Å². The fourth-order valence-corrected chi connectivity index (χ4v) is 2.80. The number of hydrogen-bond donors (Lipinski definition) is 2. The molecule has 100 valence electrons. The van der Waals surface area contributed by atoms with Gasteiger partial charge in [-0.15, -0.1) is 0 Å². The van der Waals surface area contributed by atoms with E-state index >= 15 is 0 Å². The molecule has 5 heteroatoms. The highest BCUT2D eigenvalue weighted by Gasteiger charge is 2.26. The second-order valence-electron chi connectivity index (χ2n) is 5.16. The predicted molar refractivity (Wildman–Crippen MR) is 75.8 cm³/mol. The molecular formula is C13H23N5. The summed E-state index contributed by atoms with van der Waals surface area (Å²) in [7, 11) is 3.95. The van der Waals surface area contributed by atoms with Gasteiger partial charge in [-0.25, -0.2) is 0 Å². The van der Waals surface area contributed by atoms with E-state index in [4.69, 9.17) is 5.73 Å². The lowest BCUT2D eigenvalue weighted by Crippen LogP contribution is -2.39. The fourth-order valence-electron chi connectivity index (χ4n) is 2.80. The predicted octanol–water partition coefficient (Wildman–Crippen LogP) is 2.12. The monoisotopic (exact) mass is 249 g/mol. The molecule has 1 saturated carbocycles. The van der Waals surface area contributed by atoms with Crippen LogP contribution in [0.1, 0.15) is 32.6 Å². The van der Waals surface area contributed by atoms with E-state index in [1.165, 1.54) is 25.7 Å². The van der Waals surface area contributed by atoms with Crippen LogP contribution in [0.4, 0.5) is 17.6 Å². The van der Waals surface area contributed by atoms with Crippen molar-refractivity contribution in [2.45, 2.75) is 38.6 Å². The molecule has 2 atom stereocenters. The number of nitrogen functional groups attached to an aromatic ring is 1. The third-order valence-corrected chi connectivity index (χ3v) is 3.91. The summed E-state index contributed by atoms with van der Waals surface area (Å²) in [5, 5.41) is 3.02. The molecule has 18 heavy (non-hydrogen) atoms. The molecule has 2 rings (SSSR count). The van der Waals surface area contributed by atoms with Crippen LogP contribution in [0.5, 0.6) is 0 Å². The Morgan fingerprint density at radius 2 is 2.06 bits per heavy atom. The summed E-state index contributed by atoms with van der Waals surface area (Å²) in [6, 6.07) is 2.51. The van der Waals surface area contributed by atoms with Gasteiger partial charge in [0, 0.05) is 26.2 Å². The van der Waals surface area contributed by atoms with Crippen molar-refractivity contribution in [3.05, 3.63) is 6.07 Å². The lowest BCUT2D eigenvalue weighted by atomic mass is 9.85. The Kier molecular flexibility index (Phi) is 3.89. The van der Waals surface area contributed by atoms with Crippen molar-refractivity contribution in [1.82, 2.24) is 9.97 Å². The molecule has 0 bridgehead atoms. The maximum absolute atomic E-state index is 5.75. The van der Waals surface area contributed by atoms with Crippen LogP contribution in [0.2, 0.25) is 0 Å². The van der Waals surface area contributed by atoms with E-state index in [1.54, 1.807) is 0 Å². The zero-order valence-electron chi connectivity index (χ0n) is 11.5. The summed E-state index contributed by atoms with van der Waals surface area (Å²) < 4.78 is 0. The molecule has 5 nitrogen and oxygen atoms in total. The molecule has 0 radical (unpaired) electrons. The van der Waals surface area contributed by atoms with Crippen molar-refractivity contribution in [3.8, 4) is 0 Å². The molecular weight excluding hydrogens is 226 g/mol. The first kappa shape index (κ1) is 12.9. The minimum atomic E-state index is 0.326. The average molecular weight is 249 g/mol. The van der Waals surface area contributed by atoms with Gasteiger partial charge in [0.1, 0.15) is 11.6 Å². The number of nitrogens with two attached hydrogens (primary N) is 1. The van der Waals surface area contributed by atoms with Crippen molar-refractivity contribution in [2.24, 2.45) is 5.92 Å². The summed E-state index contributed by atoms with van der Waals surface area (Å²) in [5.74, 6) is 2.71. The largest absolute Gasteiger partial charge is 0.373 e. The molecule has 1 aromatic rings. The van der Waals surface area contributed by atoms with Gasteiger partial charge < -0.3 is 16.0 Å². The molecule has 2 unspecified atom stereocenters. The zero-order valence-corrected chi connectivity index (χ0v) is 11.5. The van der Waals surface area contributed by atoms with E-state index in [2.05, 4.69) is 34.2 Å². The van der Waals surface area contributed by atoms with Gasteiger partial charge in [-0.3, -0.25) is 0 Å². The van der Waals surface area contributed by atoms with E-state index in [-0.39, 0.29) is 0 Å². The lowest BCUT2D eigenvalue weighted by Gasteiger charge is -2.37. The molecule has 1 aromatic heterocycles. The van der Waals surface area contributed by atoms with Gasteiger partial charge in [0.15, 0.2) is 0 Å². The minimum absolute atomic E-state index is 0.326. The second kappa shape index (κ2) is 5.42. The first-order chi connectivity index (χ1) is 8.61. The fraction of sp³-hybridized carbons (Fsp3) is 0.692. The van der Waals surface area contributed by atoms with Crippen molar-refractivity contribution >= 4 is 17.6 Å². The summed E-state index contributed by atoms with van der Waals surface area (Å²) >= 11 is 0. The molecule has 1 aliphatic carbocycles. The third kappa shape index (κ3) is 2.66. The van der Waals surface area contributed by atoms with Crippen LogP contribution in [-0.2, 0) is 0 Å². The summed E-state index contributed by atoms with van der Waals surface area (Å²) in [4.78, 5) is 10.7. The van der Waals surface area contributed by atoms with Gasteiger partial charge in [-0.05, 0) is 18.8 Å². The highest BCUT2D eigenvalue weighted by Crippen LogP contribution is 2.30. The Hall–Kier alpha value is -1.52. The van der Waals surface area contributed by atoms with Crippen LogP contribution >= 0.6 is 0 Å². The van der Waals surface area contributed by atoms with Gasteiger partial charge >= 0.3 is 0 Å². The van der Waals surface area contributed by atoms with Gasteiger partial charge in [-0.1, -0.05) is 19.8 Å². The Morgan fingerprint density at radius 1 is 1.33 bits per heavy atom. The highest BCUT2D eigenvalue weighted by molar-refractivity contribution is 5.52. The third-order valence-electron chi connectivity index (χ3n) is 3.91. The molecule has 0 spiro atoms. The van der Waals surface area contributed by atoms with Crippen molar-refractivity contribution < 1.29 is 0 Å². The Morgan fingerprint density at radius 3 is 2.72 bits per heavy atom. The van der Waals surface area contributed by atoms with Gasteiger partial charge in [-0.2, -0.15) is 9.97 Å². The second-order valence-corrected chi connectivity index (χ2v) is 5.16. The van der Waals surface area contributed by atoms with Crippen LogP contribution in [0, 0.1) is 5.92 Å². The smallest absolute Gasteiger partial charge is 0.223 e. The van der Waals surface area contributed by atoms with Crippen LogP contribution in [0.25, 0.3) is 0 Å². The normalized spacial score (nSPS) is 23.7. The summed E-state index contributed by atoms with van der Waals surface area (Å²) in [6.45, 7) is 2.32. The van der Waals surface area contributed by atoms with Gasteiger partial charge in [0.05, 0.1) is 0 Å². The highest BCUT2D eigenvalue weighted by atomic mass is 15.2. The number of aromatic nitrogens is 2. The van der Waals surface area contributed by atoms with Crippen LogP contribution in [0.3, 0.4) is 0 Å². The summed E-state index contributed by atoms with van der Waals surface area (Å²) in [6.07, 6.45) is 5.18. The van der Waals surface area contributed by atoms with E-state index < -0.39 is 0 Å². The van der Waals surface area contributed by atoms with Crippen LogP contribution in [0.15, 0.2) is 6.07 Å². The van der Waals surface area contributed by atoms with E-state index in [1.807, 2.05) is 13.1 Å². The van der Waals surface area contributed by atoms with E-state index in [9.17, 15) is 0 Å². The molecule has 0 amide bonds. The average Bonchev–Trinajstić information content (AvgIpc) is 2.37. The SMILES string of the molecule is CNc1cc(N(C)C2CCCCC2C)nc(N)n1. The number of hydrogen-bond acceptors (Lipinski definition) is 5. The molecule has 1 heterocycles. The number of nitrogens with zero attached hydrogens (tertiary/aromatic N) is 3. The number of anilines is 3. The molecule has 0 aromatic carbocycles. The quantitative estimate of drug-likeness (QED) is 0.859. The minimum Gasteiger partial charge on any atom is -0.373 e. The molecule has 0 aliphatic heterocycles. The summed E-state index contributed by atoms with van der Waals surface area (Å²) in [5.41, 5.74) is 5.75. The van der Waals surface area contributed by atoms with Crippen molar-refractivity contribution in [3.63, 3.8) is 0 Å². The Labute approximate surface area is 109 Å². The Bertz CT molecular complexity index is 406. The van der Waals surface area contributed by atoms with Crippen LogP contribution in [-0.4, -0.2) is 30.1 Å². The van der Waals surface area contributed by atoms with Gasteiger partial charge in [0.25, 0.3) is 0 Å². The van der Waals surface area contributed by atoms with E-state index in [0.717, 1.165) is 11.6 Å². The molecule has 3 N–H and O–H groups in total. The van der Waals surface area contributed by atoms with Crippen LogP contribution < -0.4 is 16.0 Å². The molecule has 1 aliphatic rings. The number of rotatable bonds is 3. The Balaban J connectivity index is 2.21. The van der Waals surface area contributed by atoms with E-state index in [0.29, 0.717) is 17.9 Å². The molecule has 0 saturated heterocycles. The standard InChI is InChI=1S/C13H23N5/c1-9-6-4-5-7-10(9)18(3)12-8-11(15-2)16-13(14)17-12/h8-10H,4-7H2,1-3H3,(H3,14,15,16,17). The molecule has 1 fully saturated rings. The zero-order chi connectivity index (χ0) is 13.1.